The van der Waals surface area contributed by atoms with Crippen LogP contribution in [0.1, 0.15) is 33.3 Å². The van der Waals surface area contributed by atoms with Crippen molar-refractivity contribution in [2.24, 2.45) is 0 Å². The first kappa shape index (κ1) is 24.1. The normalized spacial score (nSPS) is 15.1. The Morgan fingerprint density at radius 1 is 1.19 bits per heavy atom. The molecule has 2 amide bonds. The smallest absolute Gasteiger partial charge is 0.340 e. The van der Waals surface area contributed by atoms with Crippen LogP contribution in [0, 0.1) is 0 Å². The summed E-state index contributed by atoms with van der Waals surface area (Å²) in [5.41, 5.74) is 1.79. The van der Waals surface area contributed by atoms with Crippen molar-refractivity contribution in [1.29, 1.82) is 0 Å². The van der Waals surface area contributed by atoms with Gasteiger partial charge < -0.3 is 24.4 Å². The SMILES string of the molecule is CCOC(=O)C1=C(C)N(CCOC)C(=O)/C1=C\c1ccc(OCC(=O)NC(C)C)cc1. The third kappa shape index (κ3) is 6.42. The molecule has 0 spiro atoms. The van der Waals surface area contributed by atoms with Gasteiger partial charge >= 0.3 is 5.97 Å². The average molecular weight is 431 g/mol. The van der Waals surface area contributed by atoms with E-state index in [1.165, 1.54) is 4.90 Å². The number of amides is 2. The fraction of sp³-hybridized carbons (Fsp3) is 0.435. The molecule has 168 valence electrons. The van der Waals surface area contributed by atoms with Crippen molar-refractivity contribution in [3.8, 4) is 5.75 Å². The van der Waals surface area contributed by atoms with E-state index in [1.54, 1.807) is 51.3 Å². The van der Waals surface area contributed by atoms with Gasteiger partial charge in [0.1, 0.15) is 5.75 Å². The first-order valence-corrected chi connectivity index (χ1v) is 10.2. The molecule has 1 aromatic rings. The highest BCUT2D eigenvalue weighted by Crippen LogP contribution is 2.31. The first-order valence-electron chi connectivity index (χ1n) is 10.2. The van der Waals surface area contributed by atoms with Crippen molar-refractivity contribution in [2.45, 2.75) is 33.7 Å². The van der Waals surface area contributed by atoms with Gasteiger partial charge in [0.05, 0.1) is 24.4 Å². The molecule has 0 fully saturated rings. The molecule has 0 radical (unpaired) electrons. The van der Waals surface area contributed by atoms with Crippen molar-refractivity contribution < 1.29 is 28.6 Å². The number of carbonyl (C=O) groups excluding carboxylic acids is 3. The molecule has 0 atom stereocenters. The van der Waals surface area contributed by atoms with Gasteiger partial charge in [-0.15, -0.1) is 0 Å². The van der Waals surface area contributed by atoms with Crippen LogP contribution < -0.4 is 10.1 Å². The Balaban J connectivity index is 2.22. The van der Waals surface area contributed by atoms with Crippen molar-refractivity contribution in [2.75, 3.05) is 33.5 Å². The molecule has 1 aliphatic rings. The third-order valence-electron chi connectivity index (χ3n) is 4.52. The van der Waals surface area contributed by atoms with Gasteiger partial charge in [-0.2, -0.15) is 0 Å². The largest absolute Gasteiger partial charge is 0.484 e. The van der Waals surface area contributed by atoms with E-state index in [0.29, 0.717) is 30.2 Å². The lowest BCUT2D eigenvalue weighted by atomic mass is 10.0. The standard InChI is InChI=1S/C23H30N2O6/c1-6-30-23(28)21-16(4)25(11-12-29-5)22(27)19(21)13-17-7-9-18(10-8-17)31-14-20(26)24-15(2)3/h7-10,13,15H,6,11-12,14H2,1-5H3,(H,24,26)/b19-13-. The zero-order valence-electron chi connectivity index (χ0n) is 18.7. The van der Waals surface area contributed by atoms with Crippen LogP contribution in [-0.2, 0) is 23.9 Å². The number of nitrogens with zero attached hydrogens (tertiary/aromatic N) is 1. The summed E-state index contributed by atoms with van der Waals surface area (Å²) < 4.78 is 15.7. The lowest BCUT2D eigenvalue weighted by molar-refractivity contribution is -0.138. The van der Waals surface area contributed by atoms with Crippen LogP contribution >= 0.6 is 0 Å². The minimum absolute atomic E-state index is 0.0441. The summed E-state index contributed by atoms with van der Waals surface area (Å²) in [6.07, 6.45) is 1.65. The van der Waals surface area contributed by atoms with Gasteiger partial charge in [-0.25, -0.2) is 4.79 Å². The highest BCUT2D eigenvalue weighted by Gasteiger charge is 2.36. The Morgan fingerprint density at radius 3 is 2.45 bits per heavy atom. The molecule has 0 aliphatic carbocycles. The molecule has 0 aromatic heterocycles. The second-order valence-corrected chi connectivity index (χ2v) is 7.27. The number of hydrogen-bond acceptors (Lipinski definition) is 6. The summed E-state index contributed by atoms with van der Waals surface area (Å²) in [7, 11) is 1.55. The maximum absolute atomic E-state index is 13.0. The molecule has 0 unspecified atom stereocenters. The predicted molar refractivity (Wildman–Crippen MR) is 116 cm³/mol. The fourth-order valence-electron chi connectivity index (χ4n) is 3.12. The molecule has 0 saturated carbocycles. The summed E-state index contributed by atoms with van der Waals surface area (Å²) in [5.74, 6) is -0.481. The van der Waals surface area contributed by atoms with E-state index in [0.717, 1.165) is 0 Å². The molecular formula is C23H30N2O6. The molecular weight excluding hydrogens is 400 g/mol. The lowest BCUT2D eigenvalue weighted by Crippen LogP contribution is -2.34. The van der Waals surface area contributed by atoms with E-state index in [2.05, 4.69) is 5.32 Å². The van der Waals surface area contributed by atoms with E-state index >= 15 is 0 Å². The van der Waals surface area contributed by atoms with E-state index in [4.69, 9.17) is 14.2 Å². The Kier molecular flexibility index (Phi) is 8.81. The van der Waals surface area contributed by atoms with Crippen LogP contribution in [0.3, 0.4) is 0 Å². The maximum Gasteiger partial charge on any atom is 0.340 e. The maximum atomic E-state index is 13.0. The van der Waals surface area contributed by atoms with Gasteiger partial charge in [0.15, 0.2) is 6.61 Å². The first-order chi connectivity index (χ1) is 14.8. The van der Waals surface area contributed by atoms with Gasteiger partial charge in [0, 0.05) is 25.4 Å². The minimum atomic E-state index is -0.532. The molecule has 2 rings (SSSR count). The molecule has 1 aliphatic heterocycles. The minimum Gasteiger partial charge on any atom is -0.484 e. The van der Waals surface area contributed by atoms with Crippen LogP contribution in [0.5, 0.6) is 5.75 Å². The molecule has 1 aromatic carbocycles. The second-order valence-electron chi connectivity index (χ2n) is 7.27. The Bertz CT molecular complexity index is 871. The Hall–Kier alpha value is -3.13. The number of carbonyl (C=O) groups is 3. The molecule has 8 heteroatoms. The zero-order chi connectivity index (χ0) is 23.0. The van der Waals surface area contributed by atoms with E-state index < -0.39 is 5.97 Å². The highest BCUT2D eigenvalue weighted by molar-refractivity contribution is 6.16. The van der Waals surface area contributed by atoms with Crippen LogP contribution in [0.15, 0.2) is 41.1 Å². The topological polar surface area (TPSA) is 94.2 Å². The summed E-state index contributed by atoms with van der Waals surface area (Å²) >= 11 is 0. The number of hydrogen-bond donors (Lipinski definition) is 1. The van der Waals surface area contributed by atoms with Crippen LogP contribution in [0.2, 0.25) is 0 Å². The third-order valence-corrected chi connectivity index (χ3v) is 4.52. The average Bonchev–Trinajstić information content (AvgIpc) is 2.95. The van der Waals surface area contributed by atoms with E-state index in [-0.39, 0.29) is 42.2 Å². The van der Waals surface area contributed by atoms with Crippen LogP contribution in [0.25, 0.3) is 6.08 Å². The van der Waals surface area contributed by atoms with Crippen molar-refractivity contribution in [3.05, 3.63) is 46.7 Å². The summed E-state index contributed by atoms with van der Waals surface area (Å²) in [6.45, 7) is 8.02. The van der Waals surface area contributed by atoms with Crippen molar-refractivity contribution in [1.82, 2.24) is 10.2 Å². The fourth-order valence-corrected chi connectivity index (χ4v) is 3.12. The summed E-state index contributed by atoms with van der Waals surface area (Å²) in [6, 6.07) is 6.97. The summed E-state index contributed by atoms with van der Waals surface area (Å²) in [5, 5.41) is 2.75. The second kappa shape index (κ2) is 11.3. The van der Waals surface area contributed by atoms with Crippen LogP contribution in [0.4, 0.5) is 0 Å². The van der Waals surface area contributed by atoms with Crippen molar-refractivity contribution >= 4 is 23.9 Å². The number of esters is 1. The van der Waals surface area contributed by atoms with Crippen LogP contribution in [-0.4, -0.2) is 62.2 Å². The number of benzene rings is 1. The number of nitrogens with one attached hydrogen (secondary N) is 1. The lowest BCUT2D eigenvalue weighted by Gasteiger charge is -2.16. The number of methoxy groups -OCH3 is 1. The molecule has 1 heterocycles. The van der Waals surface area contributed by atoms with Crippen molar-refractivity contribution in [3.63, 3.8) is 0 Å². The Labute approximate surface area is 182 Å². The van der Waals surface area contributed by atoms with Gasteiger partial charge in [-0.3, -0.25) is 9.59 Å². The number of allylic oxidation sites excluding steroid dienone is 1. The quantitative estimate of drug-likeness (QED) is 0.452. The van der Waals surface area contributed by atoms with Gasteiger partial charge in [-0.05, 0) is 51.5 Å². The molecule has 31 heavy (non-hydrogen) atoms. The van der Waals surface area contributed by atoms with Gasteiger partial charge in [0.2, 0.25) is 0 Å². The number of rotatable bonds is 10. The zero-order valence-corrected chi connectivity index (χ0v) is 18.7. The highest BCUT2D eigenvalue weighted by atomic mass is 16.5. The molecule has 1 N–H and O–H groups in total. The van der Waals surface area contributed by atoms with Gasteiger partial charge in [0.25, 0.3) is 11.8 Å². The monoisotopic (exact) mass is 430 g/mol. The van der Waals surface area contributed by atoms with E-state index in [1.807, 2.05) is 13.8 Å². The summed E-state index contributed by atoms with van der Waals surface area (Å²) in [4.78, 5) is 38.7. The van der Waals surface area contributed by atoms with Gasteiger partial charge in [-0.1, -0.05) is 12.1 Å². The molecule has 8 nitrogen and oxygen atoms in total. The van der Waals surface area contributed by atoms with E-state index in [9.17, 15) is 14.4 Å². The predicted octanol–water partition coefficient (Wildman–Crippen LogP) is 2.30. The molecule has 0 bridgehead atoms. The number of ether oxygens (including phenoxy) is 3. The molecule has 0 saturated heterocycles. The Morgan fingerprint density at radius 2 is 1.87 bits per heavy atom.